The Labute approximate surface area is 78.9 Å². The summed E-state index contributed by atoms with van der Waals surface area (Å²) in [6.07, 6.45) is 0. The summed E-state index contributed by atoms with van der Waals surface area (Å²) >= 11 is 1.45. The molecule has 0 aliphatic heterocycles. The van der Waals surface area contributed by atoms with Crippen LogP contribution < -0.4 is 5.73 Å². The third-order valence-electron chi connectivity index (χ3n) is 1.61. The van der Waals surface area contributed by atoms with Gasteiger partial charge >= 0.3 is 0 Å². The van der Waals surface area contributed by atoms with E-state index in [9.17, 15) is 4.39 Å². The van der Waals surface area contributed by atoms with Crippen molar-refractivity contribution >= 4 is 17.2 Å². The summed E-state index contributed by atoms with van der Waals surface area (Å²) in [5.74, 6) is 0.262. The first kappa shape index (κ1) is 8.19. The van der Waals surface area contributed by atoms with E-state index in [0.29, 0.717) is 5.82 Å². The highest BCUT2D eigenvalue weighted by Gasteiger charge is 2.01. The number of thiazole rings is 1. The topological polar surface area (TPSA) is 38.9 Å². The maximum Gasteiger partial charge on any atom is 0.135 e. The highest BCUT2D eigenvalue weighted by atomic mass is 32.1. The van der Waals surface area contributed by atoms with Crippen LogP contribution in [0.25, 0.3) is 10.6 Å². The molecule has 0 unspecified atom stereocenters. The zero-order valence-corrected chi connectivity index (χ0v) is 7.51. The van der Waals surface area contributed by atoms with Crippen molar-refractivity contribution in [2.24, 2.45) is 0 Å². The second-order valence-electron chi connectivity index (χ2n) is 2.58. The Hall–Kier alpha value is -1.42. The van der Waals surface area contributed by atoms with Crippen LogP contribution in [0.3, 0.4) is 0 Å². The molecule has 0 saturated carbocycles. The first-order valence-electron chi connectivity index (χ1n) is 3.72. The van der Waals surface area contributed by atoms with Crippen LogP contribution in [0, 0.1) is 5.82 Å². The number of hydrogen-bond donors (Lipinski definition) is 1. The van der Waals surface area contributed by atoms with Gasteiger partial charge < -0.3 is 5.73 Å². The molecule has 0 amide bonds. The molecule has 1 heterocycles. The number of hydrogen-bond acceptors (Lipinski definition) is 3. The molecule has 0 aliphatic carbocycles. The van der Waals surface area contributed by atoms with Crippen LogP contribution in [0.4, 0.5) is 10.2 Å². The van der Waals surface area contributed by atoms with E-state index in [0.717, 1.165) is 10.6 Å². The third kappa shape index (κ3) is 1.67. The van der Waals surface area contributed by atoms with Crippen molar-refractivity contribution < 1.29 is 4.39 Å². The highest BCUT2D eigenvalue weighted by Crippen LogP contribution is 2.24. The molecule has 0 atom stereocenters. The van der Waals surface area contributed by atoms with Crippen LogP contribution in [-0.2, 0) is 0 Å². The fraction of sp³-hybridized carbons (Fsp3) is 0. The molecule has 0 spiro atoms. The lowest BCUT2D eigenvalue weighted by molar-refractivity contribution is 0.628. The minimum Gasteiger partial charge on any atom is -0.383 e. The van der Waals surface area contributed by atoms with Gasteiger partial charge in [-0.2, -0.15) is 0 Å². The molecule has 1 aromatic heterocycles. The molecule has 4 heteroatoms. The van der Waals surface area contributed by atoms with Gasteiger partial charge in [-0.1, -0.05) is 0 Å². The number of anilines is 1. The van der Waals surface area contributed by atoms with Crippen molar-refractivity contribution in [1.82, 2.24) is 4.98 Å². The zero-order valence-electron chi connectivity index (χ0n) is 6.70. The fourth-order valence-electron chi connectivity index (χ4n) is 1.01. The molecule has 2 rings (SSSR count). The Kier molecular flexibility index (Phi) is 1.98. The van der Waals surface area contributed by atoms with Gasteiger partial charge in [-0.25, -0.2) is 9.37 Å². The van der Waals surface area contributed by atoms with Crippen LogP contribution >= 0.6 is 11.3 Å². The van der Waals surface area contributed by atoms with E-state index in [-0.39, 0.29) is 5.82 Å². The van der Waals surface area contributed by atoms with Crippen LogP contribution in [0.1, 0.15) is 0 Å². The quantitative estimate of drug-likeness (QED) is 0.757. The van der Waals surface area contributed by atoms with Gasteiger partial charge in [-0.05, 0) is 24.3 Å². The molecule has 0 aliphatic rings. The summed E-state index contributed by atoms with van der Waals surface area (Å²) in [5, 5.41) is 2.58. The summed E-state index contributed by atoms with van der Waals surface area (Å²) in [6.45, 7) is 0. The number of benzene rings is 1. The predicted octanol–water partition coefficient (Wildman–Crippen LogP) is 2.53. The highest BCUT2D eigenvalue weighted by molar-refractivity contribution is 7.13. The molecule has 0 bridgehead atoms. The molecule has 0 radical (unpaired) electrons. The standard InChI is InChI=1S/C9H7FN2S/c10-7-3-1-6(2-4-7)9-12-8(11)5-13-9/h1-5H,11H2. The summed E-state index contributed by atoms with van der Waals surface area (Å²) in [4.78, 5) is 4.08. The van der Waals surface area contributed by atoms with Crippen molar-refractivity contribution in [3.63, 3.8) is 0 Å². The van der Waals surface area contributed by atoms with Gasteiger partial charge in [0.15, 0.2) is 0 Å². The van der Waals surface area contributed by atoms with Crippen molar-refractivity contribution in [3.05, 3.63) is 35.5 Å². The van der Waals surface area contributed by atoms with E-state index in [1.54, 1.807) is 17.5 Å². The fourth-order valence-corrected chi connectivity index (χ4v) is 1.73. The van der Waals surface area contributed by atoms with Gasteiger partial charge in [0.1, 0.15) is 16.6 Å². The van der Waals surface area contributed by atoms with Gasteiger partial charge in [0.05, 0.1) is 0 Å². The van der Waals surface area contributed by atoms with Crippen LogP contribution in [0.2, 0.25) is 0 Å². The van der Waals surface area contributed by atoms with Crippen molar-refractivity contribution in [2.45, 2.75) is 0 Å². The number of aromatic nitrogens is 1. The SMILES string of the molecule is Nc1csc(-c2ccc(F)cc2)n1. The molecule has 1 aromatic carbocycles. The van der Waals surface area contributed by atoms with Gasteiger partial charge in [-0.3, -0.25) is 0 Å². The van der Waals surface area contributed by atoms with Gasteiger partial charge in [0.2, 0.25) is 0 Å². The Balaban J connectivity index is 2.41. The van der Waals surface area contributed by atoms with E-state index < -0.39 is 0 Å². The molecule has 2 nitrogen and oxygen atoms in total. The summed E-state index contributed by atoms with van der Waals surface area (Å²) < 4.78 is 12.6. The summed E-state index contributed by atoms with van der Waals surface area (Å²) in [6, 6.07) is 6.20. The first-order valence-corrected chi connectivity index (χ1v) is 4.60. The van der Waals surface area contributed by atoms with Crippen LogP contribution in [0.15, 0.2) is 29.6 Å². The largest absolute Gasteiger partial charge is 0.383 e. The van der Waals surface area contributed by atoms with Crippen LogP contribution in [-0.4, -0.2) is 4.98 Å². The molecule has 0 saturated heterocycles. The Bertz CT molecular complexity index is 408. The number of nitrogen functional groups attached to an aromatic ring is 1. The van der Waals surface area contributed by atoms with E-state index in [1.807, 2.05) is 0 Å². The Morgan fingerprint density at radius 2 is 1.92 bits per heavy atom. The van der Waals surface area contributed by atoms with E-state index in [1.165, 1.54) is 23.5 Å². The first-order chi connectivity index (χ1) is 6.25. The molecule has 2 N–H and O–H groups in total. The van der Waals surface area contributed by atoms with E-state index >= 15 is 0 Å². The maximum atomic E-state index is 12.6. The maximum absolute atomic E-state index is 12.6. The third-order valence-corrected chi connectivity index (χ3v) is 2.52. The normalized spacial score (nSPS) is 10.2. The molecule has 2 aromatic rings. The number of halogens is 1. The predicted molar refractivity (Wildman–Crippen MR) is 51.9 cm³/mol. The van der Waals surface area contributed by atoms with Crippen molar-refractivity contribution in [2.75, 3.05) is 5.73 Å². The monoisotopic (exact) mass is 194 g/mol. The van der Waals surface area contributed by atoms with Crippen molar-refractivity contribution in [3.8, 4) is 10.6 Å². The molecule has 0 fully saturated rings. The molecule has 66 valence electrons. The minimum atomic E-state index is -0.242. The average molecular weight is 194 g/mol. The van der Waals surface area contributed by atoms with Gasteiger partial charge in [0.25, 0.3) is 0 Å². The molecular weight excluding hydrogens is 187 g/mol. The van der Waals surface area contributed by atoms with Crippen molar-refractivity contribution in [1.29, 1.82) is 0 Å². The number of nitrogens with two attached hydrogens (primary N) is 1. The van der Waals surface area contributed by atoms with Gasteiger partial charge in [-0.15, -0.1) is 11.3 Å². The lowest BCUT2D eigenvalue weighted by Gasteiger charge is -1.94. The number of rotatable bonds is 1. The van der Waals surface area contributed by atoms with E-state index in [2.05, 4.69) is 4.98 Å². The Morgan fingerprint density at radius 3 is 2.46 bits per heavy atom. The average Bonchev–Trinajstić information content (AvgIpc) is 2.53. The molecular formula is C9H7FN2S. The molecule has 13 heavy (non-hydrogen) atoms. The minimum absolute atomic E-state index is 0.242. The lowest BCUT2D eigenvalue weighted by Crippen LogP contribution is -1.83. The smallest absolute Gasteiger partial charge is 0.135 e. The Morgan fingerprint density at radius 1 is 1.23 bits per heavy atom. The second-order valence-corrected chi connectivity index (χ2v) is 3.44. The lowest BCUT2D eigenvalue weighted by atomic mass is 10.2. The summed E-state index contributed by atoms with van der Waals surface area (Å²) in [5.41, 5.74) is 6.36. The van der Waals surface area contributed by atoms with Crippen LogP contribution in [0.5, 0.6) is 0 Å². The van der Waals surface area contributed by atoms with E-state index in [4.69, 9.17) is 5.73 Å². The number of nitrogens with zero attached hydrogens (tertiary/aromatic N) is 1. The van der Waals surface area contributed by atoms with Gasteiger partial charge in [0, 0.05) is 10.9 Å². The zero-order chi connectivity index (χ0) is 9.26. The summed E-state index contributed by atoms with van der Waals surface area (Å²) in [7, 11) is 0. The second kappa shape index (κ2) is 3.14.